The van der Waals surface area contributed by atoms with Crippen molar-refractivity contribution in [3.63, 3.8) is 0 Å². The van der Waals surface area contributed by atoms with Gasteiger partial charge in [-0.15, -0.1) is 10.2 Å². The van der Waals surface area contributed by atoms with Crippen molar-refractivity contribution in [3.8, 4) is 0 Å². The fourth-order valence-corrected chi connectivity index (χ4v) is 2.36. The zero-order valence-corrected chi connectivity index (χ0v) is 12.9. The summed E-state index contributed by atoms with van der Waals surface area (Å²) in [6.45, 7) is 5.29. The van der Waals surface area contributed by atoms with Gasteiger partial charge in [-0.25, -0.2) is 0 Å². The molecule has 22 heavy (non-hydrogen) atoms. The van der Waals surface area contributed by atoms with Gasteiger partial charge in [0.15, 0.2) is 0 Å². The van der Waals surface area contributed by atoms with Crippen molar-refractivity contribution in [2.75, 3.05) is 4.90 Å². The first-order chi connectivity index (χ1) is 10.7. The van der Waals surface area contributed by atoms with E-state index in [2.05, 4.69) is 70.6 Å². The Kier molecular flexibility index (Phi) is 4.19. The molecule has 0 saturated carbocycles. The molecule has 0 spiro atoms. The van der Waals surface area contributed by atoms with Crippen molar-refractivity contribution in [2.45, 2.75) is 26.9 Å². The summed E-state index contributed by atoms with van der Waals surface area (Å²) in [5.74, 6) is 1.23. The molecule has 4 heteroatoms. The monoisotopic (exact) mass is 293 g/mol. The largest absolute Gasteiger partial charge is 0.424 e. The maximum atomic E-state index is 5.53. The van der Waals surface area contributed by atoms with Crippen LogP contribution in [-0.2, 0) is 13.1 Å². The highest BCUT2D eigenvalue weighted by molar-refractivity contribution is 5.48. The van der Waals surface area contributed by atoms with E-state index in [1.54, 1.807) is 0 Å². The molecular formula is C18H19N3O. The molecule has 0 aliphatic rings. The summed E-state index contributed by atoms with van der Waals surface area (Å²) in [6.07, 6.45) is 0. The fourth-order valence-electron chi connectivity index (χ4n) is 2.36. The SMILES string of the molecule is Cc1ccc(N(Cc2ccccc2)Cc2nnc(C)o2)cc1. The number of aromatic nitrogens is 2. The zero-order valence-electron chi connectivity index (χ0n) is 12.9. The van der Waals surface area contributed by atoms with Crippen LogP contribution >= 0.6 is 0 Å². The van der Waals surface area contributed by atoms with Gasteiger partial charge in [0.25, 0.3) is 0 Å². The lowest BCUT2D eigenvalue weighted by atomic mass is 10.1. The number of benzene rings is 2. The van der Waals surface area contributed by atoms with E-state index < -0.39 is 0 Å². The standard InChI is InChI=1S/C18H19N3O/c1-14-8-10-17(11-9-14)21(12-16-6-4-3-5-7-16)13-18-20-19-15(2)22-18/h3-11H,12-13H2,1-2H3. The molecule has 112 valence electrons. The van der Waals surface area contributed by atoms with E-state index in [1.807, 2.05) is 13.0 Å². The summed E-state index contributed by atoms with van der Waals surface area (Å²) in [6, 6.07) is 18.9. The van der Waals surface area contributed by atoms with Gasteiger partial charge in [-0.1, -0.05) is 48.0 Å². The zero-order chi connectivity index (χ0) is 15.4. The average molecular weight is 293 g/mol. The van der Waals surface area contributed by atoms with Gasteiger partial charge < -0.3 is 9.32 Å². The van der Waals surface area contributed by atoms with E-state index in [-0.39, 0.29) is 0 Å². The third-order valence-corrected chi connectivity index (χ3v) is 3.51. The van der Waals surface area contributed by atoms with E-state index in [0.717, 1.165) is 12.2 Å². The molecule has 2 aromatic carbocycles. The van der Waals surface area contributed by atoms with Crippen molar-refractivity contribution in [2.24, 2.45) is 0 Å². The van der Waals surface area contributed by atoms with E-state index in [1.165, 1.54) is 11.1 Å². The van der Waals surface area contributed by atoms with Crippen LogP contribution in [0.2, 0.25) is 0 Å². The third-order valence-electron chi connectivity index (χ3n) is 3.51. The van der Waals surface area contributed by atoms with Crippen LogP contribution in [-0.4, -0.2) is 10.2 Å². The lowest BCUT2D eigenvalue weighted by Gasteiger charge is -2.23. The molecule has 0 bridgehead atoms. The summed E-state index contributed by atoms with van der Waals surface area (Å²) in [5, 5.41) is 8.02. The minimum atomic E-state index is 0.596. The minimum absolute atomic E-state index is 0.596. The Morgan fingerprint density at radius 2 is 1.59 bits per heavy atom. The Morgan fingerprint density at radius 3 is 2.23 bits per heavy atom. The van der Waals surface area contributed by atoms with E-state index in [9.17, 15) is 0 Å². The van der Waals surface area contributed by atoms with Crippen LogP contribution in [0.1, 0.15) is 22.9 Å². The van der Waals surface area contributed by atoms with Gasteiger partial charge in [-0.3, -0.25) is 0 Å². The average Bonchev–Trinajstić information content (AvgIpc) is 2.94. The fraction of sp³-hybridized carbons (Fsp3) is 0.222. The summed E-state index contributed by atoms with van der Waals surface area (Å²) in [5.41, 5.74) is 3.64. The molecule has 0 aliphatic heterocycles. The van der Waals surface area contributed by atoms with Crippen LogP contribution in [0.4, 0.5) is 5.69 Å². The molecule has 1 aromatic heterocycles. The van der Waals surface area contributed by atoms with Gasteiger partial charge in [0.05, 0.1) is 6.54 Å². The maximum Gasteiger partial charge on any atom is 0.235 e. The highest BCUT2D eigenvalue weighted by Gasteiger charge is 2.12. The summed E-state index contributed by atoms with van der Waals surface area (Å²) >= 11 is 0. The van der Waals surface area contributed by atoms with Crippen molar-refractivity contribution in [3.05, 3.63) is 77.5 Å². The minimum Gasteiger partial charge on any atom is -0.424 e. The Hall–Kier alpha value is -2.62. The van der Waals surface area contributed by atoms with Crippen molar-refractivity contribution < 1.29 is 4.42 Å². The van der Waals surface area contributed by atoms with Gasteiger partial charge in [0.2, 0.25) is 11.8 Å². The van der Waals surface area contributed by atoms with Gasteiger partial charge in [0, 0.05) is 19.2 Å². The lowest BCUT2D eigenvalue weighted by Crippen LogP contribution is -2.22. The van der Waals surface area contributed by atoms with Gasteiger partial charge in [-0.05, 0) is 24.6 Å². The first-order valence-corrected chi connectivity index (χ1v) is 7.35. The van der Waals surface area contributed by atoms with E-state index in [4.69, 9.17) is 4.42 Å². The molecule has 0 N–H and O–H groups in total. The van der Waals surface area contributed by atoms with Crippen LogP contribution in [0.15, 0.2) is 59.0 Å². The summed E-state index contributed by atoms with van der Waals surface area (Å²) < 4.78 is 5.53. The van der Waals surface area contributed by atoms with Crippen LogP contribution in [0.3, 0.4) is 0 Å². The Bertz CT molecular complexity index is 720. The molecule has 0 atom stereocenters. The van der Waals surface area contributed by atoms with Crippen molar-refractivity contribution in [1.82, 2.24) is 10.2 Å². The summed E-state index contributed by atoms with van der Waals surface area (Å²) in [7, 11) is 0. The molecule has 3 aromatic rings. The number of nitrogens with zero attached hydrogens (tertiary/aromatic N) is 3. The van der Waals surface area contributed by atoms with Crippen molar-refractivity contribution >= 4 is 5.69 Å². The molecule has 3 rings (SSSR count). The molecule has 0 amide bonds. The van der Waals surface area contributed by atoms with E-state index in [0.29, 0.717) is 18.3 Å². The van der Waals surface area contributed by atoms with Crippen LogP contribution in [0, 0.1) is 13.8 Å². The molecule has 0 fully saturated rings. The molecular weight excluding hydrogens is 274 g/mol. The summed E-state index contributed by atoms with van der Waals surface area (Å²) in [4.78, 5) is 2.24. The molecule has 1 heterocycles. The molecule has 0 saturated heterocycles. The first-order valence-electron chi connectivity index (χ1n) is 7.35. The second kappa shape index (κ2) is 6.43. The predicted molar refractivity (Wildman–Crippen MR) is 86.5 cm³/mol. The van der Waals surface area contributed by atoms with Crippen LogP contribution < -0.4 is 4.90 Å². The number of rotatable bonds is 5. The molecule has 0 unspecified atom stereocenters. The van der Waals surface area contributed by atoms with Crippen LogP contribution in [0.5, 0.6) is 0 Å². The lowest BCUT2D eigenvalue weighted by molar-refractivity contribution is 0.461. The maximum absolute atomic E-state index is 5.53. The molecule has 0 aliphatic carbocycles. The Balaban J connectivity index is 1.85. The molecule has 0 radical (unpaired) electrons. The van der Waals surface area contributed by atoms with Crippen LogP contribution in [0.25, 0.3) is 0 Å². The Labute approximate surface area is 130 Å². The van der Waals surface area contributed by atoms with Gasteiger partial charge in [-0.2, -0.15) is 0 Å². The number of hydrogen-bond acceptors (Lipinski definition) is 4. The smallest absolute Gasteiger partial charge is 0.235 e. The normalized spacial score (nSPS) is 10.6. The Morgan fingerprint density at radius 1 is 0.864 bits per heavy atom. The highest BCUT2D eigenvalue weighted by atomic mass is 16.4. The number of anilines is 1. The molecule has 4 nitrogen and oxygen atoms in total. The highest BCUT2D eigenvalue weighted by Crippen LogP contribution is 2.20. The van der Waals surface area contributed by atoms with Gasteiger partial charge in [0.1, 0.15) is 0 Å². The quantitative estimate of drug-likeness (QED) is 0.715. The number of hydrogen-bond donors (Lipinski definition) is 0. The first kappa shape index (κ1) is 14.3. The second-order valence-electron chi connectivity index (χ2n) is 5.39. The predicted octanol–water partition coefficient (Wildman–Crippen LogP) is 3.89. The topological polar surface area (TPSA) is 42.2 Å². The third kappa shape index (κ3) is 3.52. The van der Waals surface area contributed by atoms with E-state index >= 15 is 0 Å². The number of aryl methyl sites for hydroxylation is 2. The second-order valence-corrected chi connectivity index (χ2v) is 5.39. The van der Waals surface area contributed by atoms with Crippen molar-refractivity contribution in [1.29, 1.82) is 0 Å². The van der Waals surface area contributed by atoms with Gasteiger partial charge >= 0.3 is 0 Å².